The maximum Gasteiger partial charge on any atom is 0.238 e. The SMILES string of the molecule is Cc1cc(C(=O)COc2cccc(C#N)c2)c(C)n1-c1ccc(S(N)(=O)=O)cc1. The average molecular weight is 409 g/mol. The first-order valence-electron chi connectivity index (χ1n) is 8.69. The molecular weight excluding hydrogens is 390 g/mol. The van der Waals surface area contributed by atoms with Crippen LogP contribution >= 0.6 is 0 Å². The second-order valence-corrected chi connectivity index (χ2v) is 8.07. The van der Waals surface area contributed by atoms with Crippen molar-refractivity contribution in [1.82, 2.24) is 4.57 Å². The lowest BCUT2D eigenvalue weighted by Gasteiger charge is -2.11. The molecule has 148 valence electrons. The summed E-state index contributed by atoms with van der Waals surface area (Å²) in [5.74, 6) is 0.248. The Balaban J connectivity index is 1.83. The summed E-state index contributed by atoms with van der Waals surface area (Å²) < 4.78 is 30.3. The molecule has 0 fully saturated rings. The Labute approximate surface area is 169 Å². The van der Waals surface area contributed by atoms with Crippen molar-refractivity contribution in [1.29, 1.82) is 5.26 Å². The van der Waals surface area contributed by atoms with Crippen LogP contribution in [0.2, 0.25) is 0 Å². The van der Waals surface area contributed by atoms with E-state index in [1.165, 1.54) is 12.1 Å². The number of benzene rings is 2. The first-order valence-corrected chi connectivity index (χ1v) is 10.2. The largest absolute Gasteiger partial charge is 0.485 e. The van der Waals surface area contributed by atoms with Gasteiger partial charge >= 0.3 is 0 Å². The van der Waals surface area contributed by atoms with Gasteiger partial charge in [0.2, 0.25) is 15.8 Å². The zero-order valence-electron chi connectivity index (χ0n) is 15.9. The molecule has 2 N–H and O–H groups in total. The number of ether oxygens (including phenoxy) is 1. The Bertz CT molecular complexity index is 1220. The van der Waals surface area contributed by atoms with Crippen LogP contribution in [-0.2, 0) is 10.0 Å². The molecule has 29 heavy (non-hydrogen) atoms. The lowest BCUT2D eigenvalue weighted by Crippen LogP contribution is -2.13. The third-order valence-electron chi connectivity index (χ3n) is 4.49. The first kappa shape index (κ1) is 20.3. The summed E-state index contributed by atoms with van der Waals surface area (Å²) >= 11 is 0. The monoisotopic (exact) mass is 409 g/mol. The van der Waals surface area contributed by atoms with E-state index < -0.39 is 10.0 Å². The summed E-state index contributed by atoms with van der Waals surface area (Å²) in [7, 11) is -3.77. The number of Topliss-reactive ketones (excluding diaryl/α,β-unsaturated/α-hetero) is 1. The molecule has 0 radical (unpaired) electrons. The highest BCUT2D eigenvalue weighted by Crippen LogP contribution is 2.23. The Morgan fingerprint density at radius 2 is 1.83 bits per heavy atom. The summed E-state index contributed by atoms with van der Waals surface area (Å²) in [5, 5.41) is 14.1. The second-order valence-electron chi connectivity index (χ2n) is 6.51. The van der Waals surface area contributed by atoms with E-state index in [0.717, 1.165) is 5.69 Å². The zero-order valence-corrected chi connectivity index (χ0v) is 16.7. The van der Waals surface area contributed by atoms with Gasteiger partial charge in [0.05, 0.1) is 16.5 Å². The van der Waals surface area contributed by atoms with Gasteiger partial charge in [-0.05, 0) is 62.4 Å². The van der Waals surface area contributed by atoms with Crippen LogP contribution in [0.4, 0.5) is 0 Å². The number of rotatable bonds is 6. The number of aromatic nitrogens is 1. The van der Waals surface area contributed by atoms with Crippen LogP contribution in [0.5, 0.6) is 5.75 Å². The van der Waals surface area contributed by atoms with Gasteiger partial charge in [-0.15, -0.1) is 0 Å². The Hall–Kier alpha value is -3.41. The number of carbonyl (C=O) groups excluding carboxylic acids is 1. The molecule has 2 aromatic carbocycles. The molecule has 0 unspecified atom stereocenters. The Morgan fingerprint density at radius 3 is 2.45 bits per heavy atom. The standard InChI is InChI=1S/C21H19N3O4S/c1-14-10-20(21(25)13-28-18-5-3-4-16(11-18)12-22)15(2)24(14)17-6-8-19(9-7-17)29(23,26)27/h3-11H,13H2,1-2H3,(H2,23,26,27). The molecule has 3 aromatic rings. The minimum atomic E-state index is -3.77. The molecule has 0 spiro atoms. The van der Waals surface area contributed by atoms with Crippen molar-refractivity contribution < 1.29 is 17.9 Å². The van der Waals surface area contributed by atoms with Crippen LogP contribution in [-0.4, -0.2) is 25.4 Å². The van der Waals surface area contributed by atoms with Crippen LogP contribution in [0.1, 0.15) is 27.3 Å². The maximum absolute atomic E-state index is 12.7. The molecule has 7 nitrogen and oxygen atoms in total. The van der Waals surface area contributed by atoms with Crippen molar-refractivity contribution in [3.8, 4) is 17.5 Å². The first-order chi connectivity index (χ1) is 13.7. The quantitative estimate of drug-likeness (QED) is 0.629. The second kappa shape index (κ2) is 7.91. The summed E-state index contributed by atoms with van der Waals surface area (Å²) in [5.41, 5.74) is 3.21. The van der Waals surface area contributed by atoms with Gasteiger partial charge in [-0.3, -0.25) is 4.79 Å². The minimum absolute atomic E-state index is 0.0213. The molecule has 0 saturated heterocycles. The van der Waals surface area contributed by atoms with Crippen molar-refractivity contribution in [2.45, 2.75) is 18.7 Å². The number of nitrogens with two attached hydrogens (primary N) is 1. The van der Waals surface area contributed by atoms with Gasteiger partial charge in [0, 0.05) is 22.6 Å². The van der Waals surface area contributed by atoms with E-state index in [-0.39, 0.29) is 17.3 Å². The number of ketones is 1. The smallest absolute Gasteiger partial charge is 0.238 e. The lowest BCUT2D eigenvalue weighted by molar-refractivity contribution is 0.0921. The van der Waals surface area contributed by atoms with E-state index in [0.29, 0.717) is 28.3 Å². The third-order valence-corrected chi connectivity index (χ3v) is 5.42. The van der Waals surface area contributed by atoms with Crippen molar-refractivity contribution in [3.05, 3.63) is 77.1 Å². The van der Waals surface area contributed by atoms with Gasteiger partial charge in [0.1, 0.15) is 5.75 Å². The molecule has 0 amide bonds. The number of hydrogen-bond acceptors (Lipinski definition) is 5. The minimum Gasteiger partial charge on any atom is -0.485 e. The average Bonchev–Trinajstić information content (AvgIpc) is 3.00. The molecular formula is C21H19N3O4S. The van der Waals surface area contributed by atoms with Gasteiger partial charge in [-0.1, -0.05) is 6.07 Å². The molecule has 0 atom stereocenters. The van der Waals surface area contributed by atoms with Crippen LogP contribution in [0.3, 0.4) is 0 Å². The Morgan fingerprint density at radius 1 is 1.14 bits per heavy atom. The molecule has 1 heterocycles. The summed E-state index contributed by atoms with van der Waals surface area (Å²) in [6, 6.07) is 16.5. The van der Waals surface area contributed by atoms with Gasteiger partial charge in [0.15, 0.2) is 6.61 Å². The molecule has 3 rings (SSSR count). The number of nitrogens with zero attached hydrogens (tertiary/aromatic N) is 2. The topological polar surface area (TPSA) is 115 Å². The molecule has 0 aliphatic carbocycles. The number of nitriles is 1. The van der Waals surface area contributed by atoms with E-state index in [4.69, 9.17) is 15.1 Å². The highest BCUT2D eigenvalue weighted by molar-refractivity contribution is 7.89. The highest BCUT2D eigenvalue weighted by atomic mass is 32.2. The number of sulfonamides is 1. The molecule has 1 aromatic heterocycles. The fourth-order valence-corrected chi connectivity index (χ4v) is 3.62. The zero-order chi connectivity index (χ0) is 21.2. The van der Waals surface area contributed by atoms with E-state index >= 15 is 0 Å². The van der Waals surface area contributed by atoms with Crippen molar-refractivity contribution in [2.24, 2.45) is 5.14 Å². The van der Waals surface area contributed by atoms with E-state index in [9.17, 15) is 13.2 Å². The van der Waals surface area contributed by atoms with Gasteiger partial charge in [-0.25, -0.2) is 13.6 Å². The van der Waals surface area contributed by atoms with Crippen LogP contribution in [0.15, 0.2) is 59.5 Å². The predicted octanol–water partition coefficient (Wildman–Crippen LogP) is 2.87. The Kier molecular flexibility index (Phi) is 5.55. The molecule has 0 saturated carbocycles. The number of hydrogen-bond donors (Lipinski definition) is 1. The third kappa shape index (κ3) is 4.37. The van der Waals surface area contributed by atoms with Crippen molar-refractivity contribution in [2.75, 3.05) is 6.61 Å². The maximum atomic E-state index is 12.7. The molecule has 0 aliphatic rings. The fourth-order valence-electron chi connectivity index (χ4n) is 3.11. The van der Waals surface area contributed by atoms with Crippen LogP contribution in [0.25, 0.3) is 5.69 Å². The normalized spacial score (nSPS) is 11.1. The number of primary sulfonamides is 1. The highest BCUT2D eigenvalue weighted by Gasteiger charge is 2.18. The fraction of sp³-hybridized carbons (Fsp3) is 0.143. The van der Waals surface area contributed by atoms with Gasteiger partial charge < -0.3 is 9.30 Å². The van der Waals surface area contributed by atoms with E-state index in [2.05, 4.69) is 0 Å². The van der Waals surface area contributed by atoms with Crippen LogP contribution < -0.4 is 9.88 Å². The summed E-state index contributed by atoms with van der Waals surface area (Å²) in [6.45, 7) is 3.50. The molecule has 0 aliphatic heterocycles. The van der Waals surface area contributed by atoms with Gasteiger partial charge in [0.25, 0.3) is 0 Å². The van der Waals surface area contributed by atoms with Crippen molar-refractivity contribution >= 4 is 15.8 Å². The van der Waals surface area contributed by atoms with Crippen molar-refractivity contribution in [3.63, 3.8) is 0 Å². The predicted molar refractivity (Wildman–Crippen MR) is 108 cm³/mol. The van der Waals surface area contributed by atoms with E-state index in [1.807, 2.05) is 24.5 Å². The lowest BCUT2D eigenvalue weighted by atomic mass is 10.1. The number of aryl methyl sites for hydroxylation is 1. The summed E-state index contributed by atoms with van der Waals surface area (Å²) in [4.78, 5) is 12.7. The molecule has 8 heteroatoms. The number of carbonyl (C=O) groups is 1. The molecule has 0 bridgehead atoms. The van der Waals surface area contributed by atoms with E-state index in [1.54, 1.807) is 42.5 Å². The summed E-state index contributed by atoms with van der Waals surface area (Å²) in [6.07, 6.45) is 0. The van der Waals surface area contributed by atoms with Crippen LogP contribution in [0, 0.1) is 25.2 Å². The van der Waals surface area contributed by atoms with Gasteiger partial charge in [-0.2, -0.15) is 5.26 Å².